The van der Waals surface area contributed by atoms with Gasteiger partial charge in [-0.1, -0.05) is 0 Å². The number of anilines is 1. The number of likely N-dealkylation sites (tertiary alicyclic amines) is 1. The van der Waals surface area contributed by atoms with Crippen molar-refractivity contribution in [2.75, 3.05) is 18.4 Å². The standard InChI is InChI=1S/C20H28N4O4S/c1-14-13-15(18-21-9-12-28-18)5-6-17(14)22-19(25)24-10-7-16(8-11-24)23-29(26,27)20(2,3)4/h5-6,9,12-13,16,23H,7-8,10-11H2,1-4H3,(H,22,25). The Balaban J connectivity index is 1.56. The molecule has 8 nitrogen and oxygen atoms in total. The number of nitrogens with zero attached hydrogens (tertiary/aromatic N) is 2. The molecular formula is C20H28N4O4S. The fourth-order valence-electron chi connectivity index (χ4n) is 3.09. The van der Waals surface area contributed by atoms with Gasteiger partial charge in [-0.05, 0) is 64.3 Å². The summed E-state index contributed by atoms with van der Waals surface area (Å²) in [5.41, 5.74) is 2.47. The summed E-state index contributed by atoms with van der Waals surface area (Å²) >= 11 is 0. The highest BCUT2D eigenvalue weighted by Crippen LogP contribution is 2.24. The molecule has 0 radical (unpaired) electrons. The van der Waals surface area contributed by atoms with Crippen molar-refractivity contribution in [3.05, 3.63) is 36.2 Å². The van der Waals surface area contributed by atoms with Crippen LogP contribution in [0.15, 0.2) is 35.1 Å². The van der Waals surface area contributed by atoms with Crippen LogP contribution in [0.3, 0.4) is 0 Å². The molecule has 2 amide bonds. The number of aryl methyl sites for hydroxylation is 1. The zero-order valence-corrected chi connectivity index (χ0v) is 18.0. The number of nitrogens with one attached hydrogen (secondary N) is 2. The molecule has 3 rings (SSSR count). The second-order valence-corrected chi connectivity index (χ2v) is 10.8. The van der Waals surface area contributed by atoms with E-state index in [0.717, 1.165) is 16.8 Å². The van der Waals surface area contributed by atoms with Crippen LogP contribution in [0.4, 0.5) is 10.5 Å². The van der Waals surface area contributed by atoms with Gasteiger partial charge in [-0.15, -0.1) is 0 Å². The predicted octanol–water partition coefficient (Wildman–Crippen LogP) is 3.36. The van der Waals surface area contributed by atoms with Gasteiger partial charge in [-0.2, -0.15) is 0 Å². The molecule has 1 saturated heterocycles. The fourth-order valence-corrected chi connectivity index (χ4v) is 4.12. The summed E-state index contributed by atoms with van der Waals surface area (Å²) in [6.45, 7) is 7.93. The zero-order valence-electron chi connectivity index (χ0n) is 17.2. The Hall–Kier alpha value is -2.39. The lowest BCUT2D eigenvalue weighted by atomic mass is 10.1. The molecule has 1 aromatic heterocycles. The quantitative estimate of drug-likeness (QED) is 0.789. The Morgan fingerprint density at radius 2 is 1.93 bits per heavy atom. The van der Waals surface area contributed by atoms with Crippen molar-refractivity contribution in [1.29, 1.82) is 0 Å². The van der Waals surface area contributed by atoms with Crippen molar-refractivity contribution in [2.24, 2.45) is 0 Å². The molecule has 2 heterocycles. The molecule has 2 N–H and O–H groups in total. The number of oxazole rings is 1. The molecule has 0 unspecified atom stereocenters. The highest BCUT2D eigenvalue weighted by atomic mass is 32.2. The maximum absolute atomic E-state index is 12.6. The summed E-state index contributed by atoms with van der Waals surface area (Å²) in [6, 6.07) is 5.26. The molecule has 158 valence electrons. The van der Waals surface area contributed by atoms with E-state index in [-0.39, 0.29) is 12.1 Å². The van der Waals surface area contributed by atoms with Gasteiger partial charge in [0.25, 0.3) is 0 Å². The maximum atomic E-state index is 12.6. The average molecular weight is 421 g/mol. The van der Waals surface area contributed by atoms with E-state index in [0.29, 0.717) is 31.8 Å². The van der Waals surface area contributed by atoms with Gasteiger partial charge in [0, 0.05) is 30.4 Å². The summed E-state index contributed by atoms with van der Waals surface area (Å²) in [7, 11) is -3.39. The van der Waals surface area contributed by atoms with E-state index in [1.807, 2.05) is 25.1 Å². The number of hydrogen-bond donors (Lipinski definition) is 2. The molecule has 0 bridgehead atoms. The lowest BCUT2D eigenvalue weighted by Crippen LogP contribution is -2.50. The molecule has 1 aliphatic rings. The summed E-state index contributed by atoms with van der Waals surface area (Å²) < 4.78 is 31.8. The van der Waals surface area contributed by atoms with E-state index in [1.54, 1.807) is 31.9 Å². The van der Waals surface area contributed by atoms with Crippen LogP contribution in [0.25, 0.3) is 11.5 Å². The SMILES string of the molecule is Cc1cc(-c2ncco2)ccc1NC(=O)N1CCC(NS(=O)(=O)C(C)(C)C)CC1. The first-order valence-electron chi connectivity index (χ1n) is 9.65. The van der Waals surface area contributed by atoms with Crippen molar-refractivity contribution in [3.63, 3.8) is 0 Å². The molecule has 1 aromatic carbocycles. The molecule has 0 spiro atoms. The first-order chi connectivity index (χ1) is 13.6. The normalized spacial score (nSPS) is 16.1. The second-order valence-electron chi connectivity index (χ2n) is 8.29. The average Bonchev–Trinajstić information content (AvgIpc) is 3.17. The third kappa shape index (κ3) is 4.97. The van der Waals surface area contributed by atoms with Gasteiger partial charge in [0.05, 0.1) is 10.9 Å². The predicted molar refractivity (Wildman–Crippen MR) is 112 cm³/mol. The second kappa shape index (κ2) is 8.16. The van der Waals surface area contributed by atoms with Crippen molar-refractivity contribution >= 4 is 21.7 Å². The van der Waals surface area contributed by atoms with Gasteiger partial charge in [0.15, 0.2) is 0 Å². The third-order valence-electron chi connectivity index (χ3n) is 5.06. The van der Waals surface area contributed by atoms with Gasteiger partial charge < -0.3 is 14.6 Å². The number of carbonyl (C=O) groups is 1. The smallest absolute Gasteiger partial charge is 0.321 e. The lowest BCUT2D eigenvalue weighted by Gasteiger charge is -2.33. The Bertz CT molecular complexity index is 957. The van der Waals surface area contributed by atoms with Crippen LogP contribution in [-0.4, -0.2) is 48.2 Å². The summed E-state index contributed by atoms with van der Waals surface area (Å²) in [5.74, 6) is 0.533. The van der Waals surface area contributed by atoms with Gasteiger partial charge in [-0.25, -0.2) is 22.9 Å². The molecule has 1 aliphatic heterocycles. The van der Waals surface area contributed by atoms with Crippen LogP contribution in [-0.2, 0) is 10.0 Å². The minimum Gasteiger partial charge on any atom is -0.445 e. The van der Waals surface area contributed by atoms with E-state index in [1.165, 1.54) is 6.26 Å². The van der Waals surface area contributed by atoms with Crippen LogP contribution in [0.2, 0.25) is 0 Å². The van der Waals surface area contributed by atoms with Crippen LogP contribution < -0.4 is 10.0 Å². The van der Waals surface area contributed by atoms with Gasteiger partial charge in [0.1, 0.15) is 6.26 Å². The Labute approximate surface area is 171 Å². The van der Waals surface area contributed by atoms with Crippen molar-refractivity contribution in [1.82, 2.24) is 14.6 Å². The number of benzene rings is 1. The van der Waals surface area contributed by atoms with E-state index in [2.05, 4.69) is 15.0 Å². The molecule has 9 heteroatoms. The molecule has 29 heavy (non-hydrogen) atoms. The minimum absolute atomic E-state index is 0.148. The summed E-state index contributed by atoms with van der Waals surface area (Å²) in [4.78, 5) is 18.5. The van der Waals surface area contributed by atoms with Gasteiger partial charge in [-0.3, -0.25) is 0 Å². The van der Waals surface area contributed by atoms with Gasteiger partial charge >= 0.3 is 6.03 Å². The van der Waals surface area contributed by atoms with E-state index in [4.69, 9.17) is 4.42 Å². The highest BCUT2D eigenvalue weighted by Gasteiger charge is 2.33. The number of urea groups is 1. The highest BCUT2D eigenvalue weighted by molar-refractivity contribution is 7.90. The van der Waals surface area contributed by atoms with Gasteiger partial charge in [0.2, 0.25) is 15.9 Å². The third-order valence-corrected chi connectivity index (χ3v) is 7.31. The Morgan fingerprint density at radius 3 is 2.48 bits per heavy atom. The number of piperidine rings is 1. The van der Waals surface area contributed by atoms with E-state index in [9.17, 15) is 13.2 Å². The van der Waals surface area contributed by atoms with Crippen LogP contribution >= 0.6 is 0 Å². The number of rotatable bonds is 4. The summed E-state index contributed by atoms with van der Waals surface area (Å²) in [6.07, 6.45) is 4.28. The van der Waals surface area contributed by atoms with Crippen LogP contribution in [0, 0.1) is 6.92 Å². The largest absolute Gasteiger partial charge is 0.445 e. The molecule has 1 fully saturated rings. The first kappa shape index (κ1) is 21.3. The van der Waals surface area contributed by atoms with Crippen molar-refractivity contribution in [2.45, 2.75) is 51.3 Å². The number of aromatic nitrogens is 1. The minimum atomic E-state index is -3.39. The fraction of sp³-hybridized carbons (Fsp3) is 0.500. The lowest BCUT2D eigenvalue weighted by molar-refractivity contribution is 0.193. The molecule has 0 saturated carbocycles. The Kier molecular flexibility index (Phi) is 6.00. The monoisotopic (exact) mass is 420 g/mol. The Morgan fingerprint density at radius 1 is 1.24 bits per heavy atom. The molecule has 0 atom stereocenters. The van der Waals surface area contributed by atoms with Crippen LogP contribution in [0.5, 0.6) is 0 Å². The number of amides is 2. The summed E-state index contributed by atoms with van der Waals surface area (Å²) in [5, 5.41) is 2.94. The molecule has 0 aliphatic carbocycles. The first-order valence-corrected chi connectivity index (χ1v) is 11.1. The number of carbonyl (C=O) groups excluding carboxylic acids is 1. The molecule has 2 aromatic rings. The van der Waals surface area contributed by atoms with Crippen molar-refractivity contribution in [3.8, 4) is 11.5 Å². The van der Waals surface area contributed by atoms with Crippen LogP contribution in [0.1, 0.15) is 39.2 Å². The van der Waals surface area contributed by atoms with E-state index < -0.39 is 14.8 Å². The maximum Gasteiger partial charge on any atom is 0.321 e. The molecular weight excluding hydrogens is 392 g/mol. The van der Waals surface area contributed by atoms with Crippen molar-refractivity contribution < 1.29 is 17.6 Å². The number of sulfonamides is 1. The topological polar surface area (TPSA) is 105 Å². The zero-order chi connectivity index (χ0) is 21.2. The van der Waals surface area contributed by atoms with E-state index >= 15 is 0 Å². The number of hydrogen-bond acceptors (Lipinski definition) is 5.